The molecule has 0 saturated heterocycles. The SMILES string of the molecule is C=CCN(C)C(=S)c1ccccc1. The van der Waals surface area contributed by atoms with Crippen LogP contribution in [0.3, 0.4) is 0 Å². The van der Waals surface area contributed by atoms with E-state index in [1.54, 1.807) is 0 Å². The van der Waals surface area contributed by atoms with E-state index in [-0.39, 0.29) is 0 Å². The van der Waals surface area contributed by atoms with Crippen molar-refractivity contribution in [2.24, 2.45) is 0 Å². The summed E-state index contributed by atoms with van der Waals surface area (Å²) in [5.41, 5.74) is 1.09. The molecule has 0 saturated carbocycles. The predicted octanol–water partition coefficient (Wildman–Crippen LogP) is 2.48. The van der Waals surface area contributed by atoms with Crippen molar-refractivity contribution in [3.05, 3.63) is 48.6 Å². The first-order chi connectivity index (χ1) is 6.25. The van der Waals surface area contributed by atoms with E-state index in [4.69, 9.17) is 12.2 Å². The minimum absolute atomic E-state index is 0.785. The maximum atomic E-state index is 5.29. The summed E-state index contributed by atoms with van der Waals surface area (Å²) in [4.78, 5) is 2.86. The van der Waals surface area contributed by atoms with Crippen molar-refractivity contribution in [1.82, 2.24) is 4.90 Å². The topological polar surface area (TPSA) is 3.24 Å². The van der Waals surface area contributed by atoms with Gasteiger partial charge in [0.15, 0.2) is 0 Å². The monoisotopic (exact) mass is 191 g/mol. The van der Waals surface area contributed by atoms with E-state index in [1.807, 2.05) is 48.4 Å². The van der Waals surface area contributed by atoms with Gasteiger partial charge < -0.3 is 4.90 Å². The highest BCUT2D eigenvalue weighted by Crippen LogP contribution is 2.04. The van der Waals surface area contributed by atoms with Crippen molar-refractivity contribution in [2.75, 3.05) is 13.6 Å². The van der Waals surface area contributed by atoms with Crippen LogP contribution in [0.5, 0.6) is 0 Å². The van der Waals surface area contributed by atoms with E-state index in [9.17, 15) is 0 Å². The number of likely N-dealkylation sites (N-methyl/N-ethyl adjacent to an activating group) is 1. The molecule has 0 aliphatic carbocycles. The van der Waals surface area contributed by atoms with E-state index >= 15 is 0 Å². The van der Waals surface area contributed by atoms with Crippen LogP contribution in [0.4, 0.5) is 0 Å². The zero-order valence-corrected chi connectivity index (χ0v) is 8.55. The number of thiocarbonyl (C=S) groups is 1. The van der Waals surface area contributed by atoms with Gasteiger partial charge in [0.25, 0.3) is 0 Å². The summed E-state index contributed by atoms with van der Waals surface area (Å²) in [6.07, 6.45) is 1.84. The van der Waals surface area contributed by atoms with Gasteiger partial charge in [-0.3, -0.25) is 0 Å². The Balaban J connectivity index is 2.73. The van der Waals surface area contributed by atoms with Gasteiger partial charge in [0.2, 0.25) is 0 Å². The third-order valence-electron chi connectivity index (χ3n) is 1.77. The van der Waals surface area contributed by atoms with Crippen LogP contribution in [-0.4, -0.2) is 23.5 Å². The van der Waals surface area contributed by atoms with Crippen LogP contribution >= 0.6 is 12.2 Å². The summed E-state index contributed by atoms with van der Waals surface area (Å²) >= 11 is 5.29. The van der Waals surface area contributed by atoms with E-state index < -0.39 is 0 Å². The van der Waals surface area contributed by atoms with Crippen LogP contribution in [0.2, 0.25) is 0 Å². The first-order valence-corrected chi connectivity index (χ1v) is 4.58. The number of rotatable bonds is 3. The first kappa shape index (κ1) is 9.93. The van der Waals surface area contributed by atoms with Crippen molar-refractivity contribution in [3.8, 4) is 0 Å². The molecule has 1 aromatic rings. The third-order valence-corrected chi connectivity index (χ3v) is 2.32. The molecule has 0 N–H and O–H groups in total. The summed E-state index contributed by atoms with van der Waals surface area (Å²) < 4.78 is 0. The normalized spacial score (nSPS) is 9.31. The lowest BCUT2D eigenvalue weighted by molar-refractivity contribution is 0.576. The minimum Gasteiger partial charge on any atom is -0.362 e. The summed E-state index contributed by atoms with van der Waals surface area (Å²) in [7, 11) is 1.97. The van der Waals surface area contributed by atoms with Gasteiger partial charge in [0, 0.05) is 19.2 Å². The lowest BCUT2D eigenvalue weighted by Crippen LogP contribution is -2.25. The highest BCUT2D eigenvalue weighted by atomic mass is 32.1. The number of hydrogen-bond donors (Lipinski definition) is 0. The van der Waals surface area contributed by atoms with E-state index in [0.29, 0.717) is 0 Å². The highest BCUT2D eigenvalue weighted by Gasteiger charge is 2.03. The lowest BCUT2D eigenvalue weighted by Gasteiger charge is -2.17. The fraction of sp³-hybridized carbons (Fsp3) is 0.182. The minimum atomic E-state index is 0.785. The Labute approximate surface area is 84.7 Å². The summed E-state index contributed by atoms with van der Waals surface area (Å²) in [5.74, 6) is 0. The fourth-order valence-corrected chi connectivity index (χ4v) is 1.29. The average molecular weight is 191 g/mol. The van der Waals surface area contributed by atoms with E-state index in [0.717, 1.165) is 17.1 Å². The van der Waals surface area contributed by atoms with Gasteiger partial charge in [-0.1, -0.05) is 48.6 Å². The van der Waals surface area contributed by atoms with Gasteiger partial charge in [-0.25, -0.2) is 0 Å². The fourth-order valence-electron chi connectivity index (χ4n) is 1.08. The van der Waals surface area contributed by atoms with E-state index in [1.165, 1.54) is 0 Å². The summed E-state index contributed by atoms with van der Waals surface area (Å²) in [6, 6.07) is 10.00. The molecule has 0 atom stereocenters. The first-order valence-electron chi connectivity index (χ1n) is 4.17. The molecule has 13 heavy (non-hydrogen) atoms. The van der Waals surface area contributed by atoms with Crippen molar-refractivity contribution in [3.63, 3.8) is 0 Å². The van der Waals surface area contributed by atoms with Crippen LogP contribution in [0.15, 0.2) is 43.0 Å². The molecular formula is C11H13NS. The van der Waals surface area contributed by atoms with Crippen molar-refractivity contribution < 1.29 is 0 Å². The molecule has 0 radical (unpaired) electrons. The Morgan fingerprint density at radius 1 is 1.46 bits per heavy atom. The number of nitrogens with zero attached hydrogens (tertiary/aromatic N) is 1. The van der Waals surface area contributed by atoms with E-state index in [2.05, 4.69) is 6.58 Å². The smallest absolute Gasteiger partial charge is 0.109 e. The Bertz CT molecular complexity index is 292. The Morgan fingerprint density at radius 2 is 2.08 bits per heavy atom. The van der Waals surface area contributed by atoms with Gasteiger partial charge in [0.1, 0.15) is 4.99 Å². The second-order valence-corrected chi connectivity index (χ2v) is 3.23. The van der Waals surface area contributed by atoms with Crippen molar-refractivity contribution in [1.29, 1.82) is 0 Å². The molecule has 0 aliphatic rings. The molecule has 0 aromatic heterocycles. The molecule has 0 heterocycles. The van der Waals surface area contributed by atoms with Crippen LogP contribution < -0.4 is 0 Å². The maximum Gasteiger partial charge on any atom is 0.109 e. The summed E-state index contributed by atoms with van der Waals surface area (Å²) in [6.45, 7) is 4.46. The quantitative estimate of drug-likeness (QED) is 0.533. The molecule has 1 rings (SSSR count). The Hall–Kier alpha value is -1.15. The largest absolute Gasteiger partial charge is 0.362 e. The summed E-state index contributed by atoms with van der Waals surface area (Å²) in [5, 5.41) is 0. The third kappa shape index (κ3) is 2.67. The molecule has 0 spiro atoms. The molecule has 1 aromatic carbocycles. The average Bonchev–Trinajstić information content (AvgIpc) is 2.18. The van der Waals surface area contributed by atoms with Crippen LogP contribution in [-0.2, 0) is 0 Å². The van der Waals surface area contributed by atoms with Gasteiger partial charge in [-0.05, 0) is 0 Å². The highest BCUT2D eigenvalue weighted by molar-refractivity contribution is 7.80. The second kappa shape index (κ2) is 4.77. The molecule has 1 nitrogen and oxygen atoms in total. The maximum absolute atomic E-state index is 5.29. The second-order valence-electron chi connectivity index (χ2n) is 2.84. The van der Waals surface area contributed by atoms with Gasteiger partial charge >= 0.3 is 0 Å². The van der Waals surface area contributed by atoms with Crippen molar-refractivity contribution >= 4 is 17.2 Å². The molecule has 68 valence electrons. The molecule has 2 heteroatoms. The van der Waals surface area contributed by atoms with Gasteiger partial charge in [0.05, 0.1) is 0 Å². The standard InChI is InChI=1S/C11H13NS/c1-3-9-12(2)11(13)10-7-5-4-6-8-10/h3-8H,1,9H2,2H3. The number of hydrogen-bond acceptors (Lipinski definition) is 1. The predicted molar refractivity (Wildman–Crippen MR) is 61.0 cm³/mol. The molecule has 0 amide bonds. The molecule has 0 bridgehead atoms. The molecular weight excluding hydrogens is 178 g/mol. The van der Waals surface area contributed by atoms with Crippen LogP contribution in [0.25, 0.3) is 0 Å². The van der Waals surface area contributed by atoms with Crippen LogP contribution in [0, 0.1) is 0 Å². The lowest BCUT2D eigenvalue weighted by atomic mass is 10.2. The Kier molecular flexibility index (Phi) is 3.65. The van der Waals surface area contributed by atoms with Crippen molar-refractivity contribution in [2.45, 2.75) is 0 Å². The zero-order valence-electron chi connectivity index (χ0n) is 7.73. The molecule has 0 unspecified atom stereocenters. The molecule has 0 fully saturated rings. The van der Waals surface area contributed by atoms with Gasteiger partial charge in [-0.2, -0.15) is 0 Å². The van der Waals surface area contributed by atoms with Crippen LogP contribution in [0.1, 0.15) is 5.56 Å². The Morgan fingerprint density at radius 3 is 2.62 bits per heavy atom. The number of benzene rings is 1. The van der Waals surface area contributed by atoms with Gasteiger partial charge in [-0.15, -0.1) is 6.58 Å². The zero-order chi connectivity index (χ0) is 9.68. The molecule has 0 aliphatic heterocycles.